The smallest absolute Gasteiger partial charge is 0.267 e. The van der Waals surface area contributed by atoms with Crippen molar-refractivity contribution in [1.82, 2.24) is 16.1 Å². The fourth-order valence-electron chi connectivity index (χ4n) is 2.82. The molecule has 31 heavy (non-hydrogen) atoms. The van der Waals surface area contributed by atoms with Gasteiger partial charge in [-0.3, -0.25) is 19.6 Å². The topological polar surface area (TPSA) is 146 Å². The molecule has 0 unspecified atom stereocenters. The number of rotatable bonds is 11. The Morgan fingerprint density at radius 3 is 2.16 bits per heavy atom. The van der Waals surface area contributed by atoms with Gasteiger partial charge in [0.1, 0.15) is 6.04 Å². The molecule has 3 amide bonds. The summed E-state index contributed by atoms with van der Waals surface area (Å²) < 4.78 is 0. The Bertz CT molecular complexity index is 868. The van der Waals surface area contributed by atoms with Crippen LogP contribution in [0.3, 0.4) is 0 Å². The standard InChI is InChI=1S/C22H29N5O4/c1-2-3-12-24-14-20(28)25-18-10-8-16(9-11-18)15-4-6-17(7-5-15)21(29)26-19(13-23)22(30)27-31/h4-11,19,24,31H,2-3,12-14,23H2,1H3,(H,25,28)(H,26,29)(H,27,30)/t19-/m0/s1. The average Bonchev–Trinajstić information content (AvgIpc) is 2.80. The van der Waals surface area contributed by atoms with Crippen LogP contribution in [0.4, 0.5) is 5.69 Å². The van der Waals surface area contributed by atoms with E-state index in [0.717, 1.165) is 30.5 Å². The summed E-state index contributed by atoms with van der Waals surface area (Å²) in [4.78, 5) is 35.6. The molecule has 2 aromatic rings. The van der Waals surface area contributed by atoms with Crippen LogP contribution >= 0.6 is 0 Å². The molecule has 0 saturated carbocycles. The second kappa shape index (κ2) is 12.4. The highest BCUT2D eigenvalue weighted by atomic mass is 16.5. The summed E-state index contributed by atoms with van der Waals surface area (Å²) in [7, 11) is 0. The number of hydroxylamine groups is 1. The van der Waals surface area contributed by atoms with Crippen molar-refractivity contribution in [1.29, 1.82) is 0 Å². The first kappa shape index (κ1) is 24.0. The van der Waals surface area contributed by atoms with Gasteiger partial charge in [0.2, 0.25) is 5.91 Å². The lowest BCUT2D eigenvalue weighted by Gasteiger charge is -2.14. The molecule has 7 N–H and O–H groups in total. The van der Waals surface area contributed by atoms with Gasteiger partial charge < -0.3 is 21.7 Å². The summed E-state index contributed by atoms with van der Waals surface area (Å²) in [5.41, 5.74) is 9.78. The number of hydrogen-bond acceptors (Lipinski definition) is 6. The van der Waals surface area contributed by atoms with Crippen LogP contribution in [-0.2, 0) is 9.59 Å². The minimum Gasteiger partial charge on any atom is -0.339 e. The van der Waals surface area contributed by atoms with Gasteiger partial charge in [-0.05, 0) is 48.4 Å². The summed E-state index contributed by atoms with van der Waals surface area (Å²) >= 11 is 0. The molecule has 0 radical (unpaired) electrons. The minimum atomic E-state index is -1.03. The maximum absolute atomic E-state index is 12.3. The molecule has 1 atom stereocenters. The van der Waals surface area contributed by atoms with E-state index in [-0.39, 0.29) is 19.0 Å². The lowest BCUT2D eigenvalue weighted by molar-refractivity contribution is -0.130. The van der Waals surface area contributed by atoms with Crippen molar-refractivity contribution in [3.63, 3.8) is 0 Å². The number of hydrogen-bond donors (Lipinski definition) is 6. The van der Waals surface area contributed by atoms with Crippen molar-refractivity contribution in [2.75, 3.05) is 25.0 Å². The van der Waals surface area contributed by atoms with Gasteiger partial charge in [0.15, 0.2) is 0 Å². The highest BCUT2D eigenvalue weighted by molar-refractivity contribution is 5.98. The van der Waals surface area contributed by atoms with E-state index in [1.165, 1.54) is 5.48 Å². The van der Waals surface area contributed by atoms with Gasteiger partial charge in [-0.2, -0.15) is 0 Å². The molecule has 9 heteroatoms. The Labute approximate surface area is 181 Å². The zero-order valence-electron chi connectivity index (χ0n) is 17.5. The number of carbonyl (C=O) groups excluding carboxylic acids is 3. The number of carbonyl (C=O) groups is 3. The van der Waals surface area contributed by atoms with Crippen LogP contribution in [0.25, 0.3) is 11.1 Å². The summed E-state index contributed by atoms with van der Waals surface area (Å²) in [5.74, 6) is -1.35. The highest BCUT2D eigenvalue weighted by Crippen LogP contribution is 2.22. The van der Waals surface area contributed by atoms with E-state index >= 15 is 0 Å². The number of nitrogens with two attached hydrogens (primary N) is 1. The summed E-state index contributed by atoms with van der Waals surface area (Å²) in [6.45, 7) is 3.05. The maximum Gasteiger partial charge on any atom is 0.267 e. The molecular formula is C22H29N5O4. The van der Waals surface area contributed by atoms with Gasteiger partial charge >= 0.3 is 0 Å². The number of nitrogens with one attached hydrogen (secondary N) is 4. The van der Waals surface area contributed by atoms with Crippen LogP contribution in [0.15, 0.2) is 48.5 Å². The third-order valence-electron chi connectivity index (χ3n) is 4.61. The second-order valence-corrected chi connectivity index (χ2v) is 6.97. The van der Waals surface area contributed by atoms with Crippen molar-refractivity contribution >= 4 is 23.4 Å². The van der Waals surface area contributed by atoms with Gasteiger partial charge in [-0.1, -0.05) is 37.6 Å². The number of amides is 3. The highest BCUT2D eigenvalue weighted by Gasteiger charge is 2.19. The predicted octanol–water partition coefficient (Wildman–Crippen LogP) is 1.24. The van der Waals surface area contributed by atoms with E-state index in [9.17, 15) is 14.4 Å². The van der Waals surface area contributed by atoms with Gasteiger partial charge in [0.05, 0.1) is 6.54 Å². The molecule has 0 aromatic heterocycles. The second-order valence-electron chi connectivity index (χ2n) is 6.97. The first-order valence-electron chi connectivity index (χ1n) is 10.1. The normalized spacial score (nSPS) is 11.5. The molecular weight excluding hydrogens is 398 g/mol. The molecule has 0 fully saturated rings. The van der Waals surface area contributed by atoms with Crippen LogP contribution in [0.5, 0.6) is 0 Å². The third kappa shape index (κ3) is 7.49. The van der Waals surface area contributed by atoms with Gasteiger partial charge in [-0.15, -0.1) is 0 Å². The molecule has 0 aliphatic rings. The molecule has 9 nitrogen and oxygen atoms in total. The Hall–Kier alpha value is -3.27. The third-order valence-corrected chi connectivity index (χ3v) is 4.61. The molecule has 2 aromatic carbocycles. The number of unbranched alkanes of at least 4 members (excludes halogenated alkanes) is 1. The fraction of sp³-hybridized carbons (Fsp3) is 0.318. The number of anilines is 1. The Kier molecular flexibility index (Phi) is 9.63. The summed E-state index contributed by atoms with van der Waals surface area (Å²) in [6, 6.07) is 13.2. The lowest BCUT2D eigenvalue weighted by Crippen LogP contribution is -2.50. The van der Waals surface area contributed by atoms with Crippen molar-refractivity contribution in [3.05, 3.63) is 54.1 Å². The van der Waals surface area contributed by atoms with Gasteiger partial charge in [0.25, 0.3) is 11.8 Å². The van der Waals surface area contributed by atoms with Crippen molar-refractivity contribution in [3.8, 4) is 11.1 Å². The van der Waals surface area contributed by atoms with E-state index < -0.39 is 17.9 Å². The van der Waals surface area contributed by atoms with Crippen LogP contribution < -0.4 is 27.2 Å². The largest absolute Gasteiger partial charge is 0.339 e. The first-order valence-corrected chi connectivity index (χ1v) is 10.1. The molecule has 0 aliphatic carbocycles. The van der Waals surface area contributed by atoms with Crippen molar-refractivity contribution in [2.45, 2.75) is 25.8 Å². The summed E-state index contributed by atoms with van der Waals surface area (Å²) in [5, 5.41) is 17.1. The van der Waals surface area contributed by atoms with Gasteiger partial charge in [0, 0.05) is 17.8 Å². The van der Waals surface area contributed by atoms with E-state index in [1.807, 2.05) is 24.3 Å². The molecule has 0 aliphatic heterocycles. The Balaban J connectivity index is 1.94. The van der Waals surface area contributed by atoms with E-state index in [2.05, 4.69) is 22.9 Å². The molecule has 0 bridgehead atoms. The molecule has 0 heterocycles. The van der Waals surface area contributed by atoms with Crippen LogP contribution in [0.1, 0.15) is 30.1 Å². The molecule has 166 valence electrons. The van der Waals surface area contributed by atoms with Crippen molar-refractivity contribution in [2.24, 2.45) is 5.73 Å². The number of benzene rings is 2. The van der Waals surface area contributed by atoms with Crippen molar-refractivity contribution < 1.29 is 19.6 Å². The SMILES string of the molecule is CCCCNCC(=O)Nc1ccc(-c2ccc(C(=O)N[C@@H](CN)C(=O)NO)cc2)cc1. The predicted molar refractivity (Wildman–Crippen MR) is 119 cm³/mol. The Morgan fingerprint density at radius 2 is 1.61 bits per heavy atom. The monoisotopic (exact) mass is 427 g/mol. The summed E-state index contributed by atoms with van der Waals surface area (Å²) in [6.07, 6.45) is 2.12. The Morgan fingerprint density at radius 1 is 1.00 bits per heavy atom. The zero-order valence-corrected chi connectivity index (χ0v) is 17.5. The zero-order chi connectivity index (χ0) is 22.6. The van der Waals surface area contributed by atoms with E-state index in [0.29, 0.717) is 11.3 Å². The maximum atomic E-state index is 12.3. The van der Waals surface area contributed by atoms with Crippen LogP contribution in [0.2, 0.25) is 0 Å². The van der Waals surface area contributed by atoms with E-state index in [1.54, 1.807) is 24.3 Å². The fourth-order valence-corrected chi connectivity index (χ4v) is 2.82. The molecule has 2 rings (SSSR count). The molecule has 0 saturated heterocycles. The molecule has 0 spiro atoms. The van der Waals surface area contributed by atoms with Gasteiger partial charge in [-0.25, -0.2) is 5.48 Å². The average molecular weight is 428 g/mol. The minimum absolute atomic E-state index is 0.0927. The van der Waals surface area contributed by atoms with Crippen LogP contribution in [-0.4, -0.2) is 48.6 Å². The first-order chi connectivity index (χ1) is 15.0. The lowest BCUT2D eigenvalue weighted by atomic mass is 10.0. The quantitative estimate of drug-likeness (QED) is 0.181. The van der Waals surface area contributed by atoms with E-state index in [4.69, 9.17) is 10.9 Å². The van der Waals surface area contributed by atoms with Crippen LogP contribution in [0, 0.1) is 0 Å².